The molecule has 0 radical (unpaired) electrons. The van der Waals surface area contributed by atoms with Gasteiger partial charge in [-0.2, -0.15) is 0 Å². The monoisotopic (exact) mass is 338 g/mol. The molecule has 128 valence electrons. The van der Waals surface area contributed by atoms with Gasteiger partial charge in [0.05, 0.1) is 12.2 Å². The summed E-state index contributed by atoms with van der Waals surface area (Å²) >= 11 is 1.67. The van der Waals surface area contributed by atoms with Crippen LogP contribution in [0.15, 0.2) is 29.2 Å². The van der Waals surface area contributed by atoms with Gasteiger partial charge in [0.2, 0.25) is 0 Å². The summed E-state index contributed by atoms with van der Waals surface area (Å²) in [7, 11) is 1.59. The lowest BCUT2D eigenvalue weighted by Gasteiger charge is -2.49. The Morgan fingerprint density at radius 3 is 2.57 bits per heavy atom. The molecular weight excluding hydrogens is 312 g/mol. The highest BCUT2D eigenvalue weighted by Crippen LogP contribution is 2.39. The third-order valence-electron chi connectivity index (χ3n) is 4.65. The summed E-state index contributed by atoms with van der Waals surface area (Å²) in [6.07, 6.45) is 2.53. The van der Waals surface area contributed by atoms with Crippen molar-refractivity contribution in [1.29, 1.82) is 0 Å². The van der Waals surface area contributed by atoms with Gasteiger partial charge in [0.1, 0.15) is 0 Å². The highest BCUT2D eigenvalue weighted by Gasteiger charge is 2.48. The van der Waals surface area contributed by atoms with Gasteiger partial charge >= 0.3 is 6.03 Å². The number of amides is 2. The number of hydrogen-bond donors (Lipinski definition) is 2. The molecule has 1 aliphatic rings. The molecule has 1 heterocycles. The molecule has 5 nitrogen and oxygen atoms in total. The molecule has 0 bridgehead atoms. The number of carbonyl (C=O) groups is 1. The fraction of sp³-hybridized carbons (Fsp3) is 0.588. The quantitative estimate of drug-likeness (QED) is 0.829. The second kappa shape index (κ2) is 7.11. The number of methoxy groups -OCH3 is 1. The Morgan fingerprint density at radius 1 is 1.39 bits per heavy atom. The Kier molecular flexibility index (Phi) is 5.60. The average Bonchev–Trinajstić information content (AvgIpc) is 2.51. The Labute approximate surface area is 142 Å². The van der Waals surface area contributed by atoms with Crippen LogP contribution >= 0.6 is 11.8 Å². The van der Waals surface area contributed by atoms with Gasteiger partial charge in [0.25, 0.3) is 0 Å². The van der Waals surface area contributed by atoms with E-state index in [-0.39, 0.29) is 12.6 Å². The number of likely N-dealkylation sites (tertiary alicyclic amines) is 1. The topological polar surface area (TPSA) is 61.8 Å². The Balaban J connectivity index is 2.01. The first-order valence-electron chi connectivity index (χ1n) is 7.73. The van der Waals surface area contributed by atoms with Gasteiger partial charge in [-0.05, 0) is 36.9 Å². The van der Waals surface area contributed by atoms with Crippen molar-refractivity contribution in [2.24, 2.45) is 5.41 Å². The fourth-order valence-corrected chi connectivity index (χ4v) is 3.33. The lowest BCUT2D eigenvalue weighted by molar-refractivity contribution is -0.143. The molecule has 2 N–H and O–H groups in total. The number of hydrogen-bond acceptors (Lipinski definition) is 4. The largest absolute Gasteiger partial charge is 0.387 e. The van der Waals surface area contributed by atoms with Crippen LogP contribution in [-0.4, -0.2) is 54.7 Å². The van der Waals surface area contributed by atoms with E-state index in [1.165, 1.54) is 0 Å². The number of nitrogens with one attached hydrogen (secondary N) is 1. The van der Waals surface area contributed by atoms with Gasteiger partial charge in [0.15, 0.2) is 0 Å². The minimum absolute atomic E-state index is 0.130. The number of benzene rings is 1. The third-order valence-corrected chi connectivity index (χ3v) is 5.40. The number of anilines is 1. The SMILES string of the molecule is COC[C@]1(O)CCN(C(=O)Nc2ccc(SC)cc2)CC1(C)C. The molecule has 1 aromatic carbocycles. The van der Waals surface area contributed by atoms with Crippen molar-refractivity contribution in [3.8, 4) is 0 Å². The van der Waals surface area contributed by atoms with Crippen LogP contribution in [0.25, 0.3) is 0 Å². The molecule has 1 aliphatic heterocycles. The minimum atomic E-state index is -0.904. The summed E-state index contributed by atoms with van der Waals surface area (Å²) in [5.41, 5.74) is -0.553. The zero-order valence-corrected chi connectivity index (χ0v) is 15.1. The van der Waals surface area contributed by atoms with Crippen LogP contribution in [0, 0.1) is 5.41 Å². The molecule has 2 rings (SSSR count). The highest BCUT2D eigenvalue weighted by molar-refractivity contribution is 7.98. The molecule has 1 saturated heterocycles. The number of nitrogens with zero attached hydrogens (tertiary/aromatic N) is 1. The van der Waals surface area contributed by atoms with Crippen LogP contribution in [-0.2, 0) is 4.74 Å². The standard InChI is InChI=1S/C17H26N2O3S/c1-16(2)11-19(10-9-17(16,21)12-22-3)15(20)18-13-5-7-14(23-4)8-6-13/h5-8,21H,9-12H2,1-4H3,(H,18,20)/t17-/m1/s1. The van der Waals surface area contributed by atoms with E-state index in [9.17, 15) is 9.90 Å². The van der Waals surface area contributed by atoms with Crippen LogP contribution in [0.3, 0.4) is 0 Å². The molecule has 0 unspecified atom stereocenters. The van der Waals surface area contributed by atoms with Crippen molar-refractivity contribution in [1.82, 2.24) is 4.90 Å². The summed E-state index contributed by atoms with van der Waals surface area (Å²) in [4.78, 5) is 15.4. The zero-order chi connectivity index (χ0) is 17.1. The summed E-state index contributed by atoms with van der Waals surface area (Å²) in [5.74, 6) is 0. The van der Waals surface area contributed by atoms with E-state index in [1.54, 1.807) is 23.8 Å². The van der Waals surface area contributed by atoms with Gasteiger partial charge in [-0.3, -0.25) is 0 Å². The molecule has 0 aromatic heterocycles. The number of thioether (sulfide) groups is 1. The lowest BCUT2D eigenvalue weighted by Crippen LogP contribution is -2.61. The minimum Gasteiger partial charge on any atom is -0.387 e. The number of urea groups is 1. The molecule has 0 saturated carbocycles. The molecule has 0 aliphatic carbocycles. The van der Waals surface area contributed by atoms with E-state index >= 15 is 0 Å². The van der Waals surface area contributed by atoms with E-state index < -0.39 is 11.0 Å². The molecular formula is C17H26N2O3S. The van der Waals surface area contributed by atoms with E-state index in [0.29, 0.717) is 19.5 Å². The molecule has 1 fully saturated rings. The van der Waals surface area contributed by atoms with Crippen molar-refractivity contribution >= 4 is 23.5 Å². The van der Waals surface area contributed by atoms with Crippen molar-refractivity contribution in [2.75, 3.05) is 38.4 Å². The Hall–Kier alpha value is -1.24. The maximum Gasteiger partial charge on any atom is 0.321 e. The third kappa shape index (κ3) is 4.00. The van der Waals surface area contributed by atoms with Crippen molar-refractivity contribution < 1.29 is 14.6 Å². The first kappa shape index (κ1) is 18.1. The van der Waals surface area contributed by atoms with E-state index in [0.717, 1.165) is 10.6 Å². The number of piperidine rings is 1. The number of ether oxygens (including phenoxy) is 1. The van der Waals surface area contributed by atoms with Gasteiger partial charge in [0, 0.05) is 36.2 Å². The summed E-state index contributed by atoms with van der Waals surface area (Å²) in [6.45, 7) is 5.22. The maximum absolute atomic E-state index is 12.5. The zero-order valence-electron chi connectivity index (χ0n) is 14.3. The van der Waals surface area contributed by atoms with Crippen molar-refractivity contribution in [3.63, 3.8) is 0 Å². The normalized spacial score (nSPS) is 23.6. The average molecular weight is 338 g/mol. The molecule has 1 aromatic rings. The molecule has 6 heteroatoms. The Bertz CT molecular complexity index is 547. The van der Waals surface area contributed by atoms with Gasteiger partial charge in [-0.25, -0.2) is 4.79 Å². The second-order valence-corrected chi connectivity index (χ2v) is 7.56. The van der Waals surface area contributed by atoms with E-state index in [4.69, 9.17) is 4.74 Å². The summed E-state index contributed by atoms with van der Waals surface area (Å²) in [5, 5.41) is 13.7. The molecule has 1 atom stereocenters. The number of rotatable bonds is 4. The highest BCUT2D eigenvalue weighted by atomic mass is 32.2. The summed E-state index contributed by atoms with van der Waals surface area (Å²) in [6, 6.07) is 7.64. The number of carbonyl (C=O) groups excluding carboxylic acids is 1. The Morgan fingerprint density at radius 2 is 2.04 bits per heavy atom. The van der Waals surface area contributed by atoms with Crippen LogP contribution in [0.1, 0.15) is 20.3 Å². The van der Waals surface area contributed by atoms with Crippen LogP contribution < -0.4 is 5.32 Å². The molecule has 23 heavy (non-hydrogen) atoms. The van der Waals surface area contributed by atoms with Crippen LogP contribution in [0.4, 0.5) is 10.5 Å². The fourth-order valence-electron chi connectivity index (χ4n) is 2.92. The predicted molar refractivity (Wildman–Crippen MR) is 94.0 cm³/mol. The van der Waals surface area contributed by atoms with E-state index in [2.05, 4.69) is 5.32 Å². The van der Waals surface area contributed by atoms with E-state index in [1.807, 2.05) is 44.4 Å². The van der Waals surface area contributed by atoms with Crippen molar-refractivity contribution in [3.05, 3.63) is 24.3 Å². The van der Waals surface area contributed by atoms with Gasteiger partial charge < -0.3 is 20.1 Å². The van der Waals surface area contributed by atoms with Crippen molar-refractivity contribution in [2.45, 2.75) is 30.8 Å². The predicted octanol–water partition coefficient (Wildman–Crippen LogP) is 3.05. The van der Waals surface area contributed by atoms with Crippen LogP contribution in [0.2, 0.25) is 0 Å². The number of aliphatic hydroxyl groups is 1. The lowest BCUT2D eigenvalue weighted by atomic mass is 9.70. The first-order valence-corrected chi connectivity index (χ1v) is 8.95. The second-order valence-electron chi connectivity index (χ2n) is 6.68. The first-order chi connectivity index (χ1) is 10.8. The van der Waals surface area contributed by atoms with Crippen LogP contribution in [0.5, 0.6) is 0 Å². The molecule has 0 spiro atoms. The molecule has 2 amide bonds. The van der Waals surface area contributed by atoms with Gasteiger partial charge in [-0.1, -0.05) is 13.8 Å². The smallest absolute Gasteiger partial charge is 0.321 e. The van der Waals surface area contributed by atoms with Gasteiger partial charge in [-0.15, -0.1) is 11.8 Å². The summed E-state index contributed by atoms with van der Waals surface area (Å²) < 4.78 is 5.16. The maximum atomic E-state index is 12.5.